The number of phenolic OH excluding ortho intramolecular Hbond substituents is 1. The lowest BCUT2D eigenvalue weighted by Gasteiger charge is -2.51. The molecule has 5 aliphatic carbocycles. The summed E-state index contributed by atoms with van der Waals surface area (Å²) in [7, 11) is 0. The van der Waals surface area contributed by atoms with Crippen molar-refractivity contribution < 1.29 is 9.84 Å². The zero-order chi connectivity index (χ0) is 28.1. The molecule has 3 aromatic carbocycles. The lowest BCUT2D eigenvalue weighted by molar-refractivity contribution is 0.0645. The molecule has 1 spiro atoms. The number of morpholine rings is 1. The van der Waals surface area contributed by atoms with Crippen LogP contribution in [0, 0.1) is 22.7 Å². The van der Waals surface area contributed by atoms with Gasteiger partial charge in [-0.15, -0.1) is 0 Å². The number of hydrogen-bond acceptors (Lipinski definition) is 3. The Morgan fingerprint density at radius 3 is 2.20 bits per heavy atom. The van der Waals surface area contributed by atoms with Crippen LogP contribution < -0.4 is 4.90 Å². The average Bonchev–Trinajstić information content (AvgIpc) is 3.20. The van der Waals surface area contributed by atoms with Gasteiger partial charge in [-0.1, -0.05) is 64.8 Å². The molecule has 0 aromatic heterocycles. The number of hydrogen-bond donors (Lipinski definition) is 1. The molecular weight excluding hydrogens is 502 g/mol. The summed E-state index contributed by atoms with van der Waals surface area (Å²) < 4.78 is 5.82. The topological polar surface area (TPSA) is 32.7 Å². The molecule has 216 valence electrons. The molecule has 3 aromatic rings. The van der Waals surface area contributed by atoms with Gasteiger partial charge in [-0.2, -0.15) is 0 Å². The Morgan fingerprint density at radius 2 is 1.51 bits per heavy atom. The van der Waals surface area contributed by atoms with E-state index in [0.29, 0.717) is 11.7 Å². The SMILES string of the molecule is CC1(C)CC(C)(C)CC2(C1)c1ccccc1-c1c2cc(O)c2cc(C3CC4CCC3CC4)c(N3CCOCC3)cc12. The minimum atomic E-state index is -0.0663. The van der Waals surface area contributed by atoms with Crippen molar-refractivity contribution in [2.24, 2.45) is 22.7 Å². The molecule has 1 unspecified atom stereocenters. The molecule has 9 rings (SSSR count). The van der Waals surface area contributed by atoms with E-state index in [2.05, 4.69) is 75.1 Å². The lowest BCUT2D eigenvalue weighted by Crippen LogP contribution is -2.43. The molecule has 2 bridgehead atoms. The molecule has 4 saturated carbocycles. The third-order valence-corrected chi connectivity index (χ3v) is 11.8. The fourth-order valence-electron chi connectivity index (χ4n) is 11.0. The smallest absolute Gasteiger partial charge is 0.123 e. The van der Waals surface area contributed by atoms with Gasteiger partial charge in [0.15, 0.2) is 0 Å². The van der Waals surface area contributed by atoms with Gasteiger partial charge < -0.3 is 14.7 Å². The number of benzene rings is 3. The van der Waals surface area contributed by atoms with Gasteiger partial charge in [0.2, 0.25) is 0 Å². The van der Waals surface area contributed by atoms with Crippen molar-refractivity contribution in [3.8, 4) is 16.9 Å². The maximum atomic E-state index is 11.9. The van der Waals surface area contributed by atoms with Crippen molar-refractivity contribution in [2.45, 2.75) is 90.4 Å². The van der Waals surface area contributed by atoms with Crippen LogP contribution >= 0.6 is 0 Å². The van der Waals surface area contributed by atoms with Gasteiger partial charge >= 0.3 is 0 Å². The summed E-state index contributed by atoms with van der Waals surface area (Å²) in [6.45, 7) is 13.3. The Labute approximate surface area is 246 Å². The third-order valence-electron chi connectivity index (χ3n) is 11.8. The van der Waals surface area contributed by atoms with E-state index >= 15 is 0 Å². The summed E-state index contributed by atoms with van der Waals surface area (Å²) in [5.74, 6) is 2.74. The molecule has 0 radical (unpaired) electrons. The van der Waals surface area contributed by atoms with Crippen LogP contribution in [0.4, 0.5) is 5.69 Å². The highest BCUT2D eigenvalue weighted by molar-refractivity contribution is 6.07. The van der Waals surface area contributed by atoms with E-state index < -0.39 is 0 Å². The van der Waals surface area contributed by atoms with Crippen LogP contribution in [0.15, 0.2) is 42.5 Å². The lowest BCUT2D eigenvalue weighted by atomic mass is 9.52. The minimum Gasteiger partial charge on any atom is -0.507 e. The maximum Gasteiger partial charge on any atom is 0.123 e. The first-order chi connectivity index (χ1) is 19.6. The van der Waals surface area contributed by atoms with E-state index in [4.69, 9.17) is 4.74 Å². The van der Waals surface area contributed by atoms with E-state index in [9.17, 15) is 5.11 Å². The summed E-state index contributed by atoms with van der Waals surface area (Å²) >= 11 is 0. The number of rotatable bonds is 2. The standard InChI is InChI=1S/C38H47NO2/c1-36(2)21-37(3,4)23-38(22-36)31-8-6-5-7-26(31)35-30-19-33(39-13-15-41-16-14-39)28(18-29(30)34(40)20-32(35)38)27-17-24-9-11-25(27)12-10-24/h5-8,18-20,24-25,27,40H,9-17,21-23H2,1-4H3. The monoisotopic (exact) mass is 549 g/mol. The van der Waals surface area contributed by atoms with Gasteiger partial charge in [0, 0.05) is 29.6 Å². The molecular formula is C38H47NO2. The van der Waals surface area contributed by atoms with Crippen LogP contribution in [0.5, 0.6) is 5.75 Å². The molecule has 1 N–H and O–H groups in total. The first-order valence-corrected chi connectivity index (χ1v) is 16.4. The fraction of sp³-hybridized carbons (Fsp3) is 0.579. The number of fused-ring (bicyclic) bond motifs is 10. The Bertz CT molecular complexity index is 1500. The van der Waals surface area contributed by atoms with Crippen LogP contribution in [-0.2, 0) is 10.2 Å². The van der Waals surface area contributed by atoms with Gasteiger partial charge in [0.25, 0.3) is 0 Å². The van der Waals surface area contributed by atoms with Gasteiger partial charge in [-0.3, -0.25) is 0 Å². The van der Waals surface area contributed by atoms with Gasteiger partial charge in [-0.25, -0.2) is 0 Å². The van der Waals surface area contributed by atoms with Crippen molar-refractivity contribution in [1.29, 1.82) is 0 Å². The van der Waals surface area contributed by atoms with E-state index in [1.54, 1.807) is 0 Å². The first kappa shape index (κ1) is 26.1. The molecule has 1 aliphatic heterocycles. The van der Waals surface area contributed by atoms with E-state index in [1.807, 2.05) is 0 Å². The van der Waals surface area contributed by atoms with Crippen LogP contribution in [0.3, 0.4) is 0 Å². The van der Waals surface area contributed by atoms with E-state index in [1.165, 1.54) is 77.4 Å². The maximum absolute atomic E-state index is 11.9. The van der Waals surface area contributed by atoms with Crippen LogP contribution in [-0.4, -0.2) is 31.4 Å². The molecule has 6 aliphatic rings. The molecule has 1 atom stereocenters. The minimum absolute atomic E-state index is 0.0663. The number of phenols is 1. The van der Waals surface area contributed by atoms with E-state index in [-0.39, 0.29) is 16.2 Å². The van der Waals surface area contributed by atoms with Gasteiger partial charge in [0.1, 0.15) is 5.75 Å². The predicted octanol–water partition coefficient (Wildman–Crippen LogP) is 9.18. The zero-order valence-electron chi connectivity index (χ0n) is 25.6. The number of ether oxygens (including phenoxy) is 1. The Kier molecular flexibility index (Phi) is 5.73. The Balaban J connectivity index is 1.39. The van der Waals surface area contributed by atoms with E-state index in [0.717, 1.165) is 56.4 Å². The first-order valence-electron chi connectivity index (χ1n) is 16.4. The van der Waals surface area contributed by atoms with Crippen LogP contribution in [0.2, 0.25) is 0 Å². The van der Waals surface area contributed by atoms with Crippen molar-refractivity contribution in [3.63, 3.8) is 0 Å². The summed E-state index contributed by atoms with van der Waals surface area (Å²) in [6.07, 6.45) is 10.3. The molecule has 1 saturated heterocycles. The highest BCUT2D eigenvalue weighted by Gasteiger charge is 2.53. The number of aromatic hydroxyl groups is 1. The molecule has 5 fully saturated rings. The van der Waals surface area contributed by atoms with Gasteiger partial charge in [0.05, 0.1) is 13.2 Å². The summed E-state index contributed by atoms with van der Waals surface area (Å²) in [4.78, 5) is 2.60. The average molecular weight is 550 g/mol. The highest BCUT2D eigenvalue weighted by atomic mass is 16.5. The second kappa shape index (κ2) is 8.99. The highest BCUT2D eigenvalue weighted by Crippen LogP contribution is 2.65. The van der Waals surface area contributed by atoms with Crippen LogP contribution in [0.1, 0.15) is 102 Å². The summed E-state index contributed by atoms with van der Waals surface area (Å²) in [5.41, 5.74) is 8.90. The number of nitrogens with zero attached hydrogens (tertiary/aromatic N) is 1. The summed E-state index contributed by atoms with van der Waals surface area (Å²) in [5, 5.41) is 14.2. The number of anilines is 1. The predicted molar refractivity (Wildman–Crippen MR) is 169 cm³/mol. The van der Waals surface area contributed by atoms with Crippen LogP contribution in [0.25, 0.3) is 21.9 Å². The Morgan fingerprint density at radius 1 is 0.805 bits per heavy atom. The zero-order valence-corrected chi connectivity index (χ0v) is 25.6. The van der Waals surface area contributed by atoms with Crippen molar-refractivity contribution in [2.75, 3.05) is 31.2 Å². The van der Waals surface area contributed by atoms with Gasteiger partial charge in [-0.05, 0) is 119 Å². The fourth-order valence-corrected chi connectivity index (χ4v) is 11.0. The van der Waals surface area contributed by atoms with Crippen molar-refractivity contribution in [1.82, 2.24) is 0 Å². The van der Waals surface area contributed by atoms with Crippen molar-refractivity contribution >= 4 is 16.5 Å². The summed E-state index contributed by atoms with van der Waals surface area (Å²) in [6, 6.07) is 16.3. The second-order valence-corrected chi connectivity index (χ2v) is 16.0. The molecule has 1 heterocycles. The molecule has 3 heteroatoms. The molecule has 41 heavy (non-hydrogen) atoms. The second-order valence-electron chi connectivity index (χ2n) is 16.0. The van der Waals surface area contributed by atoms with Crippen molar-refractivity contribution in [3.05, 3.63) is 59.2 Å². The third kappa shape index (κ3) is 4.01. The molecule has 0 amide bonds. The normalized spacial score (nSPS) is 29.1. The molecule has 3 nitrogen and oxygen atoms in total. The Hall–Kier alpha value is -2.52. The quantitative estimate of drug-likeness (QED) is 0.346. The largest absolute Gasteiger partial charge is 0.507 e.